The average Bonchev–Trinajstić information content (AvgIpc) is 3.12. The molecule has 7 heteroatoms. The molecule has 1 unspecified atom stereocenters. The Morgan fingerprint density at radius 3 is 1.69 bits per heavy atom. The Morgan fingerprint density at radius 1 is 0.688 bits per heavy atom. The Labute approximate surface area is 187 Å². The van der Waals surface area contributed by atoms with Crippen molar-refractivity contribution in [3.05, 3.63) is 121 Å². The number of fused-ring (bicyclic) bond motifs is 1. The van der Waals surface area contributed by atoms with Gasteiger partial charge in [0.2, 0.25) is 0 Å². The first-order valence-electron chi connectivity index (χ1n) is 10.2. The maximum atomic E-state index is 12.7. The van der Waals surface area contributed by atoms with Crippen LogP contribution in [0.15, 0.2) is 115 Å². The molecular formula is C25H22NO4PS. The van der Waals surface area contributed by atoms with Gasteiger partial charge in [-0.2, -0.15) is 0 Å². The molecule has 2 N–H and O–H groups in total. The van der Waals surface area contributed by atoms with Gasteiger partial charge in [-0.05, 0) is 0 Å². The molecule has 0 bridgehead atoms. The minimum atomic E-state index is -4.89. The molecule has 0 aromatic heterocycles. The molecule has 4 aromatic rings. The van der Waals surface area contributed by atoms with E-state index >= 15 is 0 Å². The van der Waals surface area contributed by atoms with E-state index in [0.717, 1.165) is 16.6 Å². The van der Waals surface area contributed by atoms with Crippen molar-refractivity contribution in [1.82, 2.24) is 0 Å². The molecule has 0 saturated heterocycles. The number of anilines is 1. The molecular weight excluding hydrogens is 441 g/mol. The van der Waals surface area contributed by atoms with Crippen molar-refractivity contribution in [2.24, 2.45) is 0 Å². The third-order valence-electron chi connectivity index (χ3n) is 6.07. The van der Waals surface area contributed by atoms with E-state index < -0.39 is 23.0 Å². The van der Waals surface area contributed by atoms with Gasteiger partial charge in [0.25, 0.3) is 0 Å². The van der Waals surface area contributed by atoms with Crippen molar-refractivity contribution >= 4 is 38.8 Å². The molecule has 1 atom stereocenters. The van der Waals surface area contributed by atoms with E-state index in [1.165, 1.54) is 0 Å². The Bertz CT molecular complexity index is 1320. The second-order valence-corrected chi connectivity index (χ2v) is 13.4. The second kappa shape index (κ2) is 7.54. The summed E-state index contributed by atoms with van der Waals surface area (Å²) >= 11 is 0. The van der Waals surface area contributed by atoms with E-state index in [0.29, 0.717) is 10.6 Å². The Hall–Kier alpha value is -3.02. The normalized spacial score (nSPS) is 19.8. The zero-order chi connectivity index (χ0) is 22.3. The van der Waals surface area contributed by atoms with Crippen molar-refractivity contribution in [3.8, 4) is 0 Å². The Balaban J connectivity index is 2.05. The third-order valence-corrected chi connectivity index (χ3v) is 13.5. The predicted molar refractivity (Wildman–Crippen MR) is 131 cm³/mol. The SMILES string of the molecule is O=S(=O)(O)OP1(c2ccccc2)(c2ccccc2)c2ccccc2NC1c1ccccc1. The van der Waals surface area contributed by atoms with Gasteiger partial charge in [0, 0.05) is 0 Å². The second-order valence-electron chi connectivity index (χ2n) is 7.75. The number of benzene rings is 4. The van der Waals surface area contributed by atoms with Crippen molar-refractivity contribution in [1.29, 1.82) is 0 Å². The average molecular weight is 463 g/mol. The van der Waals surface area contributed by atoms with E-state index in [4.69, 9.17) is 3.97 Å². The summed E-state index contributed by atoms with van der Waals surface area (Å²) in [7, 11) is -4.89. The topological polar surface area (TPSA) is 75.6 Å². The predicted octanol–water partition coefficient (Wildman–Crippen LogP) is 4.37. The minimum absolute atomic E-state index is 0.577. The van der Waals surface area contributed by atoms with Crippen LogP contribution in [-0.4, -0.2) is 13.0 Å². The van der Waals surface area contributed by atoms with Crippen LogP contribution in [0.5, 0.6) is 0 Å². The summed E-state index contributed by atoms with van der Waals surface area (Å²) in [5.41, 5.74) is 1.63. The molecule has 0 aliphatic carbocycles. The number of hydrogen-bond donors (Lipinski definition) is 2. The quantitative estimate of drug-likeness (QED) is 0.340. The summed E-state index contributed by atoms with van der Waals surface area (Å²) in [4.78, 5) is 0. The van der Waals surface area contributed by atoms with E-state index in [1.807, 2.05) is 115 Å². The summed E-state index contributed by atoms with van der Waals surface area (Å²) in [6.45, 7) is -4.34. The van der Waals surface area contributed by atoms with E-state index in [9.17, 15) is 13.0 Å². The monoisotopic (exact) mass is 463 g/mol. The van der Waals surface area contributed by atoms with Crippen LogP contribution in [0.2, 0.25) is 0 Å². The summed E-state index contributed by atoms with van der Waals surface area (Å²) < 4.78 is 41.7. The fourth-order valence-corrected chi connectivity index (χ4v) is 13.2. The summed E-state index contributed by atoms with van der Waals surface area (Å²) in [5, 5.41) is 5.69. The van der Waals surface area contributed by atoms with E-state index in [2.05, 4.69) is 5.32 Å². The van der Waals surface area contributed by atoms with Gasteiger partial charge in [-0.25, -0.2) is 0 Å². The zero-order valence-electron chi connectivity index (χ0n) is 17.1. The van der Waals surface area contributed by atoms with Crippen LogP contribution in [0.4, 0.5) is 5.69 Å². The molecule has 1 heterocycles. The van der Waals surface area contributed by atoms with Crippen LogP contribution in [0.1, 0.15) is 11.3 Å². The number of rotatable bonds is 5. The summed E-state index contributed by atoms with van der Waals surface area (Å²) in [6, 6.07) is 36.0. The van der Waals surface area contributed by atoms with Gasteiger partial charge in [-0.1, -0.05) is 0 Å². The van der Waals surface area contributed by atoms with Crippen LogP contribution in [-0.2, 0) is 14.4 Å². The van der Waals surface area contributed by atoms with Gasteiger partial charge in [0.15, 0.2) is 0 Å². The molecule has 0 radical (unpaired) electrons. The van der Waals surface area contributed by atoms with Crippen molar-refractivity contribution in [2.75, 3.05) is 5.32 Å². The molecule has 32 heavy (non-hydrogen) atoms. The third kappa shape index (κ3) is 2.92. The number of hydrogen-bond acceptors (Lipinski definition) is 4. The Morgan fingerprint density at radius 2 is 1.16 bits per heavy atom. The first-order valence-corrected chi connectivity index (χ1v) is 13.8. The molecule has 0 spiro atoms. The molecule has 1 aliphatic heterocycles. The molecule has 4 aromatic carbocycles. The molecule has 5 nitrogen and oxygen atoms in total. The van der Waals surface area contributed by atoms with Gasteiger partial charge >= 0.3 is 188 Å². The van der Waals surface area contributed by atoms with Crippen molar-refractivity contribution < 1.29 is 16.9 Å². The summed E-state index contributed by atoms with van der Waals surface area (Å²) in [6.07, 6.45) is 0. The first kappa shape index (κ1) is 20.9. The summed E-state index contributed by atoms with van der Waals surface area (Å²) in [5.74, 6) is -0.577. The van der Waals surface area contributed by atoms with E-state index in [-0.39, 0.29) is 0 Å². The molecule has 162 valence electrons. The fourth-order valence-electron chi connectivity index (χ4n) is 4.93. The van der Waals surface area contributed by atoms with Gasteiger partial charge in [0.1, 0.15) is 0 Å². The van der Waals surface area contributed by atoms with Gasteiger partial charge in [-0.15, -0.1) is 0 Å². The Kier molecular flexibility index (Phi) is 4.91. The zero-order valence-corrected chi connectivity index (χ0v) is 18.8. The fraction of sp³-hybridized carbons (Fsp3) is 0.0400. The molecule has 1 aliphatic rings. The standard InChI is InChI=1S/C25H22NO4PS/c27-32(28,29)30-31(21-14-6-2-7-15-21,22-16-8-3-9-17-22)24-19-11-10-18-23(24)26-25(31)20-12-4-1-5-13-20/h1-19,25-26H,(H,27,28,29). The van der Waals surface area contributed by atoms with Gasteiger partial charge < -0.3 is 0 Å². The van der Waals surface area contributed by atoms with Crippen LogP contribution < -0.4 is 21.2 Å². The molecule has 5 rings (SSSR count). The number of nitrogens with one attached hydrogen (secondary N) is 1. The van der Waals surface area contributed by atoms with Crippen LogP contribution in [0, 0.1) is 0 Å². The molecule has 0 amide bonds. The first-order chi connectivity index (χ1) is 15.5. The van der Waals surface area contributed by atoms with Gasteiger partial charge in [-0.3, -0.25) is 0 Å². The molecule has 0 saturated carbocycles. The van der Waals surface area contributed by atoms with Crippen LogP contribution >= 0.6 is 6.83 Å². The van der Waals surface area contributed by atoms with Crippen LogP contribution in [0.25, 0.3) is 0 Å². The van der Waals surface area contributed by atoms with Crippen LogP contribution in [0.3, 0.4) is 0 Å². The van der Waals surface area contributed by atoms with Gasteiger partial charge in [0.05, 0.1) is 0 Å². The molecule has 0 fully saturated rings. The number of para-hydroxylation sites is 1. The van der Waals surface area contributed by atoms with Crippen molar-refractivity contribution in [2.45, 2.75) is 5.78 Å². The van der Waals surface area contributed by atoms with Crippen molar-refractivity contribution in [3.63, 3.8) is 0 Å². The maximum absolute atomic E-state index is 12.7. The van der Waals surface area contributed by atoms with E-state index in [1.54, 1.807) is 0 Å².